The molecule has 0 aromatic heterocycles. The third-order valence-corrected chi connectivity index (χ3v) is 3.77. The molecule has 1 unspecified atom stereocenters. The minimum absolute atomic E-state index is 0. The van der Waals surface area contributed by atoms with Crippen molar-refractivity contribution in [2.75, 3.05) is 0 Å². The van der Waals surface area contributed by atoms with E-state index in [1.165, 1.54) is 0 Å². The Balaban J connectivity index is 0. The Morgan fingerprint density at radius 1 is 0.586 bits per heavy atom. The summed E-state index contributed by atoms with van der Waals surface area (Å²) in [4.78, 5) is 0. The first-order chi connectivity index (χ1) is 11.7. The monoisotopic (exact) mass is 520 g/mol. The molecule has 170 valence electrons. The molecule has 0 N–H and O–H groups in total. The molecule has 0 aliphatic heterocycles. The van der Waals surface area contributed by atoms with Crippen LogP contribution in [-0.4, -0.2) is 60.2 Å². The topological polar surface area (TPSA) is 57.2 Å². The maximum Gasteiger partial charge on any atom is 1.00 e. The number of halogens is 16. The first-order valence-electron chi connectivity index (χ1n) is 5.58. The molecule has 0 aromatic rings. The average Bonchev–Trinajstić information content (AvgIpc) is 2.42. The molecule has 29 heavy (non-hydrogen) atoms. The molecule has 0 spiro atoms. The summed E-state index contributed by atoms with van der Waals surface area (Å²) >= 11 is 0. The van der Waals surface area contributed by atoms with Crippen LogP contribution in [0.4, 0.5) is 70.2 Å². The van der Waals surface area contributed by atoms with Gasteiger partial charge < -0.3 is 4.55 Å². The van der Waals surface area contributed by atoms with Gasteiger partial charge in [-0.3, -0.25) is 0 Å². The van der Waals surface area contributed by atoms with Crippen LogP contribution in [0.15, 0.2) is 0 Å². The Labute approximate surface area is 190 Å². The van der Waals surface area contributed by atoms with Crippen molar-refractivity contribution in [2.45, 2.75) is 47.2 Å². The molecule has 0 fully saturated rings. The van der Waals surface area contributed by atoms with Crippen molar-refractivity contribution in [3.63, 3.8) is 0 Å². The SMILES string of the molecule is O=S(=O)([O-])C(F)(F)C(F)(F)C(F)(F)C(F)(F)C(F)(F)C(F)(F)C(F)C(F)(F)F.[K+]. The molecule has 0 saturated carbocycles. The van der Waals surface area contributed by atoms with Gasteiger partial charge in [-0.25, -0.2) is 12.8 Å². The van der Waals surface area contributed by atoms with Gasteiger partial charge in [0, 0.05) is 0 Å². The average molecular weight is 520 g/mol. The standard InChI is InChI=1S/C8H2F16O3S.K/c9-1(3(12,13)14)2(10,11)4(15,16)5(17,18)6(19,20)7(21,22)8(23,24)28(25,26)27;/h1H,(H,25,26,27);/q;+1/p-1. The van der Waals surface area contributed by atoms with Crippen LogP contribution >= 0.6 is 0 Å². The summed E-state index contributed by atoms with van der Waals surface area (Å²) in [6, 6.07) is 0. The van der Waals surface area contributed by atoms with Crippen LogP contribution in [0, 0.1) is 0 Å². The van der Waals surface area contributed by atoms with Gasteiger partial charge in [0.2, 0.25) is 0 Å². The molecule has 0 aliphatic carbocycles. The molecule has 0 bridgehead atoms. The minimum Gasteiger partial charge on any atom is -0.743 e. The summed E-state index contributed by atoms with van der Waals surface area (Å²) in [6.45, 7) is 0. The van der Waals surface area contributed by atoms with Crippen LogP contribution < -0.4 is 51.4 Å². The fourth-order valence-electron chi connectivity index (χ4n) is 1.31. The quantitative estimate of drug-likeness (QED) is 0.288. The number of rotatable bonds is 7. The van der Waals surface area contributed by atoms with Crippen LogP contribution in [0.1, 0.15) is 0 Å². The van der Waals surface area contributed by atoms with E-state index in [0.29, 0.717) is 0 Å². The molecule has 3 nitrogen and oxygen atoms in total. The maximum atomic E-state index is 13.0. The van der Waals surface area contributed by atoms with Crippen molar-refractivity contribution in [2.24, 2.45) is 0 Å². The van der Waals surface area contributed by atoms with Crippen molar-refractivity contribution >= 4 is 10.1 Å². The molecule has 0 rings (SSSR count). The zero-order valence-electron chi connectivity index (χ0n) is 12.8. The summed E-state index contributed by atoms with van der Waals surface area (Å²) in [6.07, 6.45) is -13.6. The summed E-state index contributed by atoms with van der Waals surface area (Å²) in [5.41, 5.74) is 0. The number of hydrogen-bond donors (Lipinski definition) is 0. The molecule has 0 heterocycles. The molecular formula is C8HF16KO3S. The van der Waals surface area contributed by atoms with Crippen molar-refractivity contribution in [1.29, 1.82) is 0 Å². The van der Waals surface area contributed by atoms with Gasteiger partial charge in [0.25, 0.3) is 6.17 Å². The number of alkyl halides is 16. The normalized spacial score (nSPS) is 17.0. The van der Waals surface area contributed by atoms with Gasteiger partial charge in [-0.05, 0) is 0 Å². The summed E-state index contributed by atoms with van der Waals surface area (Å²) < 4.78 is 232. The predicted octanol–water partition coefficient (Wildman–Crippen LogP) is 1.21. The molecule has 1 atom stereocenters. The van der Waals surface area contributed by atoms with E-state index < -0.39 is 57.3 Å². The van der Waals surface area contributed by atoms with Gasteiger partial charge in [-0.1, -0.05) is 0 Å². The minimum atomic E-state index is -8.66. The van der Waals surface area contributed by atoms with Crippen LogP contribution in [-0.2, 0) is 10.1 Å². The fraction of sp³-hybridized carbons (Fsp3) is 1.00. The first-order valence-corrected chi connectivity index (χ1v) is 6.99. The summed E-state index contributed by atoms with van der Waals surface area (Å²) in [5, 5.41) is -7.85. The van der Waals surface area contributed by atoms with Gasteiger partial charge in [-0.2, -0.15) is 65.9 Å². The second-order valence-corrected chi connectivity index (χ2v) is 6.22. The van der Waals surface area contributed by atoms with Crippen LogP contribution in [0.25, 0.3) is 0 Å². The fourth-order valence-corrected chi connectivity index (χ4v) is 1.75. The largest absolute Gasteiger partial charge is 1.00 e. The van der Waals surface area contributed by atoms with E-state index in [1.807, 2.05) is 0 Å². The molecule has 0 aromatic carbocycles. The molecule has 0 amide bonds. The predicted molar refractivity (Wildman–Crippen MR) is 50.3 cm³/mol. The Kier molecular flexibility index (Phi) is 8.81. The maximum absolute atomic E-state index is 13.0. The van der Waals surface area contributed by atoms with E-state index in [4.69, 9.17) is 0 Å². The smallest absolute Gasteiger partial charge is 0.743 e. The van der Waals surface area contributed by atoms with Crippen LogP contribution in [0.5, 0.6) is 0 Å². The molecule has 0 saturated heterocycles. The second-order valence-electron chi connectivity index (χ2n) is 4.80. The second kappa shape index (κ2) is 8.09. The van der Waals surface area contributed by atoms with Crippen LogP contribution in [0.3, 0.4) is 0 Å². The molecular weight excluding hydrogens is 519 g/mol. The van der Waals surface area contributed by atoms with Crippen LogP contribution in [0.2, 0.25) is 0 Å². The Morgan fingerprint density at radius 3 is 1.10 bits per heavy atom. The zero-order valence-corrected chi connectivity index (χ0v) is 16.7. The Morgan fingerprint density at radius 2 is 0.862 bits per heavy atom. The van der Waals surface area contributed by atoms with Gasteiger partial charge in [0.15, 0.2) is 10.1 Å². The zero-order chi connectivity index (χ0) is 23.6. The van der Waals surface area contributed by atoms with Gasteiger partial charge in [0.05, 0.1) is 0 Å². The van der Waals surface area contributed by atoms with E-state index >= 15 is 0 Å². The van der Waals surface area contributed by atoms with Crippen molar-refractivity contribution in [3.8, 4) is 0 Å². The Hall–Kier alpha value is 0.426. The van der Waals surface area contributed by atoms with E-state index in [0.717, 1.165) is 0 Å². The Bertz CT molecular complexity index is 697. The third-order valence-electron chi connectivity index (χ3n) is 2.89. The third kappa shape index (κ3) is 4.50. The number of hydrogen-bond acceptors (Lipinski definition) is 3. The van der Waals surface area contributed by atoms with E-state index in [2.05, 4.69) is 0 Å². The van der Waals surface area contributed by atoms with Gasteiger partial charge >= 0.3 is 92.4 Å². The van der Waals surface area contributed by atoms with Crippen molar-refractivity contribution in [1.82, 2.24) is 0 Å². The van der Waals surface area contributed by atoms with E-state index in [-0.39, 0.29) is 51.4 Å². The van der Waals surface area contributed by atoms with E-state index in [9.17, 15) is 83.2 Å². The summed E-state index contributed by atoms with van der Waals surface area (Å²) in [7, 11) is -8.06. The summed E-state index contributed by atoms with van der Waals surface area (Å²) in [5.74, 6) is -42.1. The van der Waals surface area contributed by atoms with Crippen molar-refractivity contribution < 1.29 is 135 Å². The molecule has 0 aliphatic rings. The van der Waals surface area contributed by atoms with Crippen molar-refractivity contribution in [3.05, 3.63) is 0 Å². The van der Waals surface area contributed by atoms with Gasteiger partial charge in [0.1, 0.15) is 0 Å². The first kappa shape index (κ1) is 31.6. The molecule has 0 radical (unpaired) electrons. The van der Waals surface area contributed by atoms with E-state index in [1.54, 1.807) is 0 Å². The molecule has 21 heteroatoms. The van der Waals surface area contributed by atoms with Gasteiger partial charge in [-0.15, -0.1) is 0 Å².